The first-order valence-electron chi connectivity index (χ1n) is 16.0. The van der Waals surface area contributed by atoms with Crippen molar-refractivity contribution in [2.24, 2.45) is 5.92 Å². The lowest BCUT2D eigenvalue weighted by Gasteiger charge is -2.43. The van der Waals surface area contributed by atoms with Crippen LogP contribution in [0.25, 0.3) is 16.7 Å². The first kappa shape index (κ1) is 31.7. The van der Waals surface area contributed by atoms with Gasteiger partial charge in [-0.15, -0.1) is 11.6 Å². The number of benzene rings is 2. The molecule has 242 valence electrons. The highest BCUT2D eigenvalue weighted by Crippen LogP contribution is 2.59. The zero-order valence-corrected chi connectivity index (χ0v) is 28.0. The molecule has 47 heavy (non-hydrogen) atoms. The van der Waals surface area contributed by atoms with E-state index in [0.29, 0.717) is 54.7 Å². The Balaban J connectivity index is 1.29. The number of rotatable bonds is 8. The number of thioether (sulfide) groups is 1. The van der Waals surface area contributed by atoms with Gasteiger partial charge in [0.25, 0.3) is 0 Å². The Morgan fingerprint density at radius 1 is 1.19 bits per heavy atom. The number of hydrogen-bond acceptors (Lipinski definition) is 8. The number of piperidine rings is 1. The maximum Gasteiger partial charge on any atom is 0.307 e. The maximum absolute atomic E-state index is 11.5. The maximum atomic E-state index is 11.5. The number of nitrogens with zero attached hydrogens (tertiary/aromatic N) is 6. The molecule has 9 nitrogen and oxygen atoms in total. The number of aromatic nitrogens is 3. The summed E-state index contributed by atoms with van der Waals surface area (Å²) in [5.41, 5.74) is 4.16. The smallest absolute Gasteiger partial charge is 0.307 e. The summed E-state index contributed by atoms with van der Waals surface area (Å²) >= 11 is 9.25. The molecule has 0 spiro atoms. The molecule has 0 radical (unpaired) electrons. The molecule has 2 aromatic heterocycles. The summed E-state index contributed by atoms with van der Waals surface area (Å²) in [6, 6.07) is 16.5. The van der Waals surface area contributed by atoms with Gasteiger partial charge in [0, 0.05) is 25.3 Å². The van der Waals surface area contributed by atoms with Gasteiger partial charge in [-0.3, -0.25) is 9.69 Å². The Labute approximate surface area is 283 Å². The zero-order chi connectivity index (χ0) is 32.8. The zero-order valence-electron chi connectivity index (χ0n) is 26.5. The molecule has 0 saturated carbocycles. The summed E-state index contributed by atoms with van der Waals surface area (Å²) in [5, 5.41) is 20.5. The minimum atomic E-state index is -1.02. The van der Waals surface area contributed by atoms with Crippen molar-refractivity contribution in [1.29, 1.82) is 5.26 Å². The summed E-state index contributed by atoms with van der Waals surface area (Å²) < 4.78 is 7.78. The number of imidazole rings is 1. The number of carbonyl (C=O) groups is 1. The van der Waals surface area contributed by atoms with Crippen molar-refractivity contribution in [3.63, 3.8) is 0 Å². The molecule has 4 aromatic rings. The molecule has 2 fully saturated rings. The van der Waals surface area contributed by atoms with Crippen molar-refractivity contribution < 1.29 is 14.3 Å². The first-order valence-corrected chi connectivity index (χ1v) is 17.2. The van der Waals surface area contributed by atoms with E-state index in [2.05, 4.69) is 45.8 Å². The molecule has 0 amide bonds. The van der Waals surface area contributed by atoms with Crippen LogP contribution in [0.5, 0.6) is 0 Å². The molecule has 1 N–H and O–H groups in total. The van der Waals surface area contributed by atoms with Crippen LogP contribution >= 0.6 is 23.4 Å². The SMILES string of the molecule is CN1CCC(n2cnc(SC3(c4nc5cc(CN6CCC(C(=O)O)C6)cc(C#N)c5o4)C=CC=C(c4ccccc4)C3(C)Cl)c2)CC1. The fourth-order valence-electron chi connectivity index (χ4n) is 7.11. The van der Waals surface area contributed by atoms with Gasteiger partial charge in [0.05, 0.1) is 22.7 Å². The lowest BCUT2D eigenvalue weighted by Crippen LogP contribution is -2.44. The van der Waals surface area contributed by atoms with E-state index in [-0.39, 0.29) is 5.92 Å². The molecule has 0 bridgehead atoms. The van der Waals surface area contributed by atoms with Gasteiger partial charge in [0.2, 0.25) is 5.89 Å². The van der Waals surface area contributed by atoms with Gasteiger partial charge in [-0.25, -0.2) is 9.97 Å². The minimum absolute atomic E-state index is 0.376. The third kappa shape index (κ3) is 5.91. The molecular weight excluding hydrogens is 632 g/mol. The van der Waals surface area contributed by atoms with E-state index in [1.165, 1.54) is 11.8 Å². The molecule has 2 aliphatic heterocycles. The number of nitriles is 1. The topological polar surface area (TPSA) is 111 Å². The van der Waals surface area contributed by atoms with Crippen LogP contribution in [0.1, 0.15) is 54.8 Å². The predicted molar refractivity (Wildman–Crippen MR) is 183 cm³/mol. The van der Waals surface area contributed by atoms with E-state index in [0.717, 1.165) is 47.7 Å². The lowest BCUT2D eigenvalue weighted by molar-refractivity contribution is -0.141. The molecule has 1 aliphatic carbocycles. The summed E-state index contributed by atoms with van der Waals surface area (Å²) in [4.78, 5) is 24.9. The number of oxazole rings is 1. The largest absolute Gasteiger partial charge is 0.481 e. The Hall–Kier alpha value is -3.88. The highest BCUT2D eigenvalue weighted by molar-refractivity contribution is 8.00. The number of carboxylic acids is 1. The second-order valence-electron chi connectivity index (χ2n) is 13.0. The fourth-order valence-corrected chi connectivity index (χ4v) is 8.77. The van der Waals surface area contributed by atoms with Crippen LogP contribution in [0.15, 0.2) is 82.7 Å². The second kappa shape index (κ2) is 12.6. The van der Waals surface area contributed by atoms with Gasteiger partial charge in [0.15, 0.2) is 5.58 Å². The van der Waals surface area contributed by atoms with E-state index in [1.807, 2.05) is 61.8 Å². The highest BCUT2D eigenvalue weighted by atomic mass is 35.5. The molecule has 2 saturated heterocycles. The van der Waals surface area contributed by atoms with Crippen molar-refractivity contribution in [3.8, 4) is 6.07 Å². The Bertz CT molecular complexity index is 1900. The number of alkyl halides is 1. The van der Waals surface area contributed by atoms with E-state index >= 15 is 0 Å². The fraction of sp³-hybridized carbons (Fsp3) is 0.389. The third-order valence-corrected chi connectivity index (χ3v) is 11.9. The van der Waals surface area contributed by atoms with Crippen LogP contribution in [-0.4, -0.2) is 73.5 Å². The van der Waals surface area contributed by atoms with Gasteiger partial charge in [-0.2, -0.15) is 5.26 Å². The van der Waals surface area contributed by atoms with Crippen molar-refractivity contribution in [3.05, 3.63) is 95.8 Å². The number of aliphatic carboxylic acids is 1. The quantitative estimate of drug-likeness (QED) is 0.205. The van der Waals surface area contributed by atoms with Crippen LogP contribution in [-0.2, 0) is 16.1 Å². The van der Waals surface area contributed by atoms with E-state index < -0.39 is 15.6 Å². The Kier molecular flexibility index (Phi) is 8.51. The molecule has 7 rings (SSSR count). The standard InChI is InChI=1S/C36H37ClN6O3S/c1-35(37)29(25-7-4-3-5-8-25)9-6-13-36(35,47-31-22-43(23-39-31)28-11-14-41(2)15-12-28)34-40-30-18-24(17-27(19-38)32(30)46-34)20-42-16-10-26(21-42)33(44)45/h3-9,13,17-18,22-23,26,28H,10-12,14-16,20-21H2,1-2H3,(H,44,45). The Morgan fingerprint density at radius 2 is 1.98 bits per heavy atom. The van der Waals surface area contributed by atoms with Crippen molar-refractivity contribution in [2.75, 3.05) is 33.2 Å². The summed E-state index contributed by atoms with van der Waals surface area (Å²) in [5.74, 6) is -0.754. The normalized spacial score (nSPS) is 25.7. The van der Waals surface area contributed by atoms with E-state index in [1.54, 1.807) is 0 Å². The van der Waals surface area contributed by atoms with E-state index in [9.17, 15) is 15.2 Å². The molecule has 3 unspecified atom stereocenters. The van der Waals surface area contributed by atoms with Crippen molar-refractivity contribution in [1.82, 2.24) is 24.3 Å². The molecule has 3 aliphatic rings. The van der Waals surface area contributed by atoms with Crippen LogP contribution in [0.3, 0.4) is 0 Å². The summed E-state index contributed by atoms with van der Waals surface area (Å²) in [6.45, 7) is 5.79. The van der Waals surface area contributed by atoms with Crippen molar-refractivity contribution in [2.45, 2.75) is 53.4 Å². The number of likely N-dealkylation sites (tertiary alicyclic amines) is 2. The van der Waals surface area contributed by atoms with Gasteiger partial charge in [-0.1, -0.05) is 60.3 Å². The number of halogens is 1. The molecule has 11 heteroatoms. The van der Waals surface area contributed by atoms with E-state index in [4.69, 9.17) is 26.0 Å². The highest BCUT2D eigenvalue weighted by Gasteiger charge is 2.55. The molecular formula is C36H37ClN6O3S. The average Bonchev–Trinajstić information content (AvgIpc) is 3.83. The molecule has 4 heterocycles. The van der Waals surface area contributed by atoms with Gasteiger partial charge in [0.1, 0.15) is 21.4 Å². The minimum Gasteiger partial charge on any atom is -0.481 e. The lowest BCUT2D eigenvalue weighted by atomic mass is 9.78. The number of hydrogen-bond donors (Lipinski definition) is 1. The van der Waals surface area contributed by atoms with Gasteiger partial charge in [-0.05, 0) is 81.7 Å². The van der Waals surface area contributed by atoms with Gasteiger partial charge < -0.3 is 19.0 Å². The predicted octanol–water partition coefficient (Wildman–Crippen LogP) is 6.71. The number of carboxylic acid groups (broad SMARTS) is 1. The van der Waals surface area contributed by atoms with Crippen LogP contribution < -0.4 is 0 Å². The first-order chi connectivity index (χ1) is 22.7. The number of fused-ring (bicyclic) bond motifs is 1. The molecule has 3 atom stereocenters. The monoisotopic (exact) mass is 668 g/mol. The van der Waals surface area contributed by atoms with Crippen LogP contribution in [0, 0.1) is 17.2 Å². The molecule has 2 aromatic carbocycles. The summed E-state index contributed by atoms with van der Waals surface area (Å²) in [6.07, 6.45) is 12.8. The van der Waals surface area contributed by atoms with Gasteiger partial charge >= 0.3 is 5.97 Å². The second-order valence-corrected chi connectivity index (χ2v) is 15.0. The average molecular weight is 669 g/mol. The Morgan fingerprint density at radius 3 is 2.70 bits per heavy atom. The van der Waals surface area contributed by atoms with Crippen molar-refractivity contribution >= 4 is 46.0 Å². The summed E-state index contributed by atoms with van der Waals surface area (Å²) in [7, 11) is 2.16. The number of allylic oxidation sites excluding steroid dienone is 3. The van der Waals surface area contributed by atoms with Crippen LogP contribution in [0.4, 0.5) is 0 Å². The van der Waals surface area contributed by atoms with Crippen LogP contribution in [0.2, 0.25) is 0 Å². The third-order valence-electron chi connectivity index (χ3n) is 9.85.